The molecule has 1 aromatic heterocycles. The number of carbonyl (C=O) groups is 1. The smallest absolute Gasteiger partial charge is 0.269 e. The molecule has 7 heteroatoms. The number of aromatic amines is 1. The van der Waals surface area contributed by atoms with Crippen LogP contribution in [0.15, 0.2) is 24.3 Å². The lowest BCUT2D eigenvalue weighted by atomic mass is 9.64. The summed E-state index contributed by atoms with van der Waals surface area (Å²) in [6, 6.07) is 7.41. The van der Waals surface area contributed by atoms with Crippen LogP contribution in [0.25, 0.3) is 0 Å². The molecule has 6 nitrogen and oxygen atoms in total. The number of rotatable bonds is 3. The predicted molar refractivity (Wildman–Crippen MR) is 69.8 cm³/mol. The van der Waals surface area contributed by atoms with E-state index in [0.29, 0.717) is 5.02 Å². The van der Waals surface area contributed by atoms with Gasteiger partial charge in [0.15, 0.2) is 0 Å². The van der Waals surface area contributed by atoms with Gasteiger partial charge in [0.1, 0.15) is 0 Å². The van der Waals surface area contributed by atoms with E-state index in [9.17, 15) is 4.79 Å². The van der Waals surface area contributed by atoms with E-state index in [-0.39, 0.29) is 11.9 Å². The second-order valence-electron chi connectivity index (χ2n) is 4.63. The first kappa shape index (κ1) is 12.1. The van der Waals surface area contributed by atoms with Crippen molar-refractivity contribution in [2.24, 2.45) is 0 Å². The molecule has 1 saturated carbocycles. The van der Waals surface area contributed by atoms with Crippen molar-refractivity contribution in [2.45, 2.75) is 24.7 Å². The highest BCUT2D eigenvalue weighted by Gasteiger charge is 2.45. The van der Waals surface area contributed by atoms with Gasteiger partial charge in [0.05, 0.1) is 5.41 Å². The van der Waals surface area contributed by atoms with Crippen LogP contribution in [0.5, 0.6) is 0 Å². The fraction of sp³-hybridized carbons (Fsp3) is 0.333. The van der Waals surface area contributed by atoms with Crippen molar-refractivity contribution < 1.29 is 4.79 Å². The normalized spacial score (nSPS) is 16.7. The topological polar surface area (TPSA) is 83.6 Å². The molecule has 1 aliphatic rings. The molecule has 0 spiro atoms. The summed E-state index contributed by atoms with van der Waals surface area (Å²) < 4.78 is 0. The molecule has 0 bridgehead atoms. The van der Waals surface area contributed by atoms with Gasteiger partial charge in [-0.05, 0) is 35.8 Å². The van der Waals surface area contributed by atoms with Crippen molar-refractivity contribution in [2.75, 3.05) is 5.32 Å². The molecule has 1 aromatic carbocycles. The van der Waals surface area contributed by atoms with Crippen LogP contribution in [0.1, 0.15) is 24.8 Å². The zero-order valence-corrected chi connectivity index (χ0v) is 10.8. The third-order valence-electron chi connectivity index (χ3n) is 3.61. The number of amides is 1. The highest BCUT2D eigenvalue weighted by atomic mass is 35.5. The number of halogens is 1. The van der Waals surface area contributed by atoms with Crippen LogP contribution in [-0.4, -0.2) is 26.5 Å². The van der Waals surface area contributed by atoms with Gasteiger partial charge in [0, 0.05) is 5.02 Å². The summed E-state index contributed by atoms with van der Waals surface area (Å²) in [5.41, 5.74) is 0.481. The second kappa shape index (κ2) is 4.62. The van der Waals surface area contributed by atoms with Crippen molar-refractivity contribution >= 4 is 23.5 Å². The minimum Gasteiger partial charge on any atom is -0.291 e. The van der Waals surface area contributed by atoms with E-state index in [2.05, 4.69) is 25.9 Å². The van der Waals surface area contributed by atoms with E-state index >= 15 is 0 Å². The van der Waals surface area contributed by atoms with Gasteiger partial charge in [-0.15, -0.1) is 5.10 Å². The Kier molecular flexibility index (Phi) is 2.94. The zero-order valence-electron chi connectivity index (χ0n) is 10.1. The molecular formula is C12H12ClN5O. The number of aromatic nitrogens is 4. The number of anilines is 1. The van der Waals surface area contributed by atoms with E-state index < -0.39 is 5.41 Å². The standard InChI is InChI=1S/C12H12ClN5O/c13-9-4-2-8(3-5-9)12(6-1-7-12)10(19)14-11-15-17-18-16-11/h2-5H,1,6-7H2,(H2,14,15,16,17,18,19). The van der Waals surface area contributed by atoms with Gasteiger partial charge in [-0.2, -0.15) is 5.21 Å². The number of hydrogen-bond acceptors (Lipinski definition) is 4. The first-order valence-electron chi connectivity index (χ1n) is 6.02. The maximum absolute atomic E-state index is 12.4. The first-order chi connectivity index (χ1) is 9.21. The Hall–Kier alpha value is -1.95. The molecule has 1 aliphatic carbocycles. The Bertz CT molecular complexity index is 577. The SMILES string of the molecule is O=C(Nc1nn[nH]n1)C1(c2ccc(Cl)cc2)CCC1. The van der Waals surface area contributed by atoms with Gasteiger partial charge < -0.3 is 0 Å². The average Bonchev–Trinajstić information content (AvgIpc) is 2.83. The number of nitrogens with zero attached hydrogens (tertiary/aromatic N) is 3. The highest BCUT2D eigenvalue weighted by molar-refractivity contribution is 6.30. The summed E-state index contributed by atoms with van der Waals surface area (Å²) in [6.45, 7) is 0. The minimum absolute atomic E-state index is 0.0949. The summed E-state index contributed by atoms with van der Waals surface area (Å²) >= 11 is 5.88. The molecule has 1 amide bonds. The molecule has 0 unspecified atom stereocenters. The summed E-state index contributed by atoms with van der Waals surface area (Å²) in [7, 11) is 0. The Labute approximate surface area is 114 Å². The van der Waals surface area contributed by atoms with Crippen LogP contribution < -0.4 is 5.32 Å². The van der Waals surface area contributed by atoms with Gasteiger partial charge in [0.2, 0.25) is 5.91 Å². The molecule has 2 aromatic rings. The van der Waals surface area contributed by atoms with Crippen molar-refractivity contribution in [3.05, 3.63) is 34.9 Å². The summed E-state index contributed by atoms with van der Waals surface area (Å²) in [5, 5.41) is 16.5. The molecule has 0 radical (unpaired) electrons. The van der Waals surface area contributed by atoms with E-state index in [1.807, 2.05) is 12.1 Å². The fourth-order valence-corrected chi connectivity index (χ4v) is 2.51. The Morgan fingerprint density at radius 2 is 2.05 bits per heavy atom. The predicted octanol–water partition coefficient (Wildman–Crippen LogP) is 1.91. The van der Waals surface area contributed by atoms with Crippen LogP contribution in [0, 0.1) is 0 Å². The monoisotopic (exact) mass is 277 g/mol. The largest absolute Gasteiger partial charge is 0.291 e. The van der Waals surface area contributed by atoms with Crippen LogP contribution in [0.3, 0.4) is 0 Å². The number of nitrogens with one attached hydrogen (secondary N) is 2. The number of carbonyl (C=O) groups excluding carboxylic acids is 1. The molecular weight excluding hydrogens is 266 g/mol. The van der Waals surface area contributed by atoms with Gasteiger partial charge in [-0.3, -0.25) is 10.1 Å². The molecule has 0 atom stereocenters. The number of tetrazole rings is 1. The lowest BCUT2D eigenvalue weighted by Gasteiger charge is -2.40. The van der Waals surface area contributed by atoms with E-state index in [1.165, 1.54) is 0 Å². The summed E-state index contributed by atoms with van der Waals surface area (Å²) in [5.74, 6) is 0.104. The van der Waals surface area contributed by atoms with Gasteiger partial charge in [-0.1, -0.05) is 35.3 Å². The number of H-pyrrole nitrogens is 1. The van der Waals surface area contributed by atoms with Crippen molar-refractivity contribution in [3.8, 4) is 0 Å². The molecule has 0 saturated heterocycles. The highest BCUT2D eigenvalue weighted by Crippen LogP contribution is 2.44. The third kappa shape index (κ3) is 2.08. The van der Waals surface area contributed by atoms with Crippen LogP contribution >= 0.6 is 11.6 Å². The van der Waals surface area contributed by atoms with Gasteiger partial charge in [0.25, 0.3) is 5.95 Å². The third-order valence-corrected chi connectivity index (χ3v) is 3.86. The zero-order chi connectivity index (χ0) is 13.3. The Balaban J connectivity index is 1.86. The molecule has 19 heavy (non-hydrogen) atoms. The summed E-state index contributed by atoms with van der Waals surface area (Å²) in [6.07, 6.45) is 2.67. The molecule has 1 heterocycles. The molecule has 1 fully saturated rings. The van der Waals surface area contributed by atoms with Gasteiger partial charge >= 0.3 is 0 Å². The fourth-order valence-electron chi connectivity index (χ4n) is 2.38. The molecule has 0 aliphatic heterocycles. The second-order valence-corrected chi connectivity index (χ2v) is 5.07. The van der Waals surface area contributed by atoms with E-state index in [1.54, 1.807) is 12.1 Å². The lowest BCUT2D eigenvalue weighted by molar-refractivity contribution is -0.124. The first-order valence-corrected chi connectivity index (χ1v) is 6.39. The lowest BCUT2D eigenvalue weighted by Crippen LogP contribution is -2.46. The number of hydrogen-bond donors (Lipinski definition) is 2. The molecule has 3 rings (SSSR count). The minimum atomic E-state index is -0.495. The maximum atomic E-state index is 12.4. The Morgan fingerprint density at radius 1 is 1.32 bits per heavy atom. The van der Waals surface area contributed by atoms with Crippen molar-refractivity contribution in [1.29, 1.82) is 0 Å². The van der Waals surface area contributed by atoms with Crippen LogP contribution in [0.2, 0.25) is 5.02 Å². The van der Waals surface area contributed by atoms with E-state index in [0.717, 1.165) is 24.8 Å². The maximum Gasteiger partial charge on any atom is 0.269 e. The Morgan fingerprint density at radius 3 is 2.58 bits per heavy atom. The van der Waals surface area contributed by atoms with E-state index in [4.69, 9.17) is 11.6 Å². The van der Waals surface area contributed by atoms with Gasteiger partial charge in [-0.25, -0.2) is 0 Å². The van der Waals surface area contributed by atoms with Crippen molar-refractivity contribution in [1.82, 2.24) is 20.6 Å². The van der Waals surface area contributed by atoms with Crippen LogP contribution in [0.4, 0.5) is 5.95 Å². The number of benzene rings is 1. The van der Waals surface area contributed by atoms with Crippen molar-refractivity contribution in [3.63, 3.8) is 0 Å². The summed E-state index contributed by atoms with van der Waals surface area (Å²) in [4.78, 5) is 12.4. The average molecular weight is 278 g/mol. The molecule has 98 valence electrons. The molecule has 2 N–H and O–H groups in total. The van der Waals surface area contributed by atoms with Crippen LogP contribution in [-0.2, 0) is 10.2 Å². The quantitative estimate of drug-likeness (QED) is 0.898.